The summed E-state index contributed by atoms with van der Waals surface area (Å²) in [5, 5.41) is 0. The van der Waals surface area contributed by atoms with Gasteiger partial charge in [-0.15, -0.1) is 0 Å². The number of ether oxygens (including phenoxy) is 1. The molecule has 0 saturated heterocycles. The van der Waals surface area contributed by atoms with Crippen LogP contribution in [0.15, 0.2) is 16.8 Å². The summed E-state index contributed by atoms with van der Waals surface area (Å²) in [4.78, 5) is 10.8. The molecule has 36 heavy (non-hydrogen) atoms. The van der Waals surface area contributed by atoms with Gasteiger partial charge in [-0.1, -0.05) is 52.4 Å². The van der Waals surface area contributed by atoms with E-state index in [4.69, 9.17) is 4.74 Å². The van der Waals surface area contributed by atoms with Crippen LogP contribution >= 0.6 is 0 Å². The number of hydrogen-bond donors (Lipinski definition) is 0. The van der Waals surface area contributed by atoms with E-state index in [1.165, 1.54) is 28.7 Å². The highest BCUT2D eigenvalue weighted by atomic mass is 19.2. The van der Waals surface area contributed by atoms with Crippen molar-refractivity contribution >= 4 is 24.2 Å². The summed E-state index contributed by atoms with van der Waals surface area (Å²) < 4.78 is 40.1. The van der Waals surface area contributed by atoms with Gasteiger partial charge >= 0.3 is 12.9 Å². The third kappa shape index (κ3) is 5.26. The second-order valence-corrected chi connectivity index (χ2v) is 10.5. The Hall–Kier alpha value is -2.18. The molecule has 0 unspecified atom stereocenters. The van der Waals surface area contributed by atoms with Crippen molar-refractivity contribution in [1.29, 1.82) is 0 Å². The predicted molar refractivity (Wildman–Crippen MR) is 146 cm³/mol. The molecule has 0 spiro atoms. The molecule has 0 radical (unpaired) electrons. The highest BCUT2D eigenvalue weighted by Gasteiger charge is 2.56. The molecule has 2 aliphatic rings. The first kappa shape index (κ1) is 28.4. The van der Waals surface area contributed by atoms with Gasteiger partial charge in [0.25, 0.3) is 0 Å². The zero-order chi connectivity index (χ0) is 26.6. The van der Waals surface area contributed by atoms with Crippen LogP contribution in [0.3, 0.4) is 0 Å². The Bertz CT molecular complexity index is 1100. The van der Waals surface area contributed by atoms with Gasteiger partial charge in [0.15, 0.2) is 5.70 Å². The normalized spacial score (nSPS) is 16.7. The number of carbonyl (C=O) groups excluding carboxylic acids is 1. The van der Waals surface area contributed by atoms with Crippen LogP contribution in [0.1, 0.15) is 121 Å². The predicted octanol–water partition coefficient (Wildman–Crippen LogP) is 7.90. The van der Waals surface area contributed by atoms with Gasteiger partial charge in [-0.05, 0) is 69.7 Å². The van der Waals surface area contributed by atoms with Crippen LogP contribution < -0.4 is 0 Å². The Labute approximate surface area is 216 Å². The van der Waals surface area contributed by atoms with Crippen molar-refractivity contribution in [1.82, 2.24) is 4.48 Å². The molecule has 1 aromatic heterocycles. The Kier molecular flexibility index (Phi) is 9.40. The lowest BCUT2D eigenvalue weighted by atomic mass is 9.84. The molecule has 0 amide bonds. The summed E-state index contributed by atoms with van der Waals surface area (Å²) in [5.41, 5.74) is 8.28. The van der Waals surface area contributed by atoms with E-state index in [1.54, 1.807) is 0 Å². The maximum absolute atomic E-state index is 16.2. The van der Waals surface area contributed by atoms with Crippen molar-refractivity contribution in [2.45, 2.75) is 119 Å². The Morgan fingerprint density at radius 1 is 0.889 bits per heavy atom. The fraction of sp³-hybridized carbons (Fsp3) is 0.655. The van der Waals surface area contributed by atoms with Gasteiger partial charge in [0.2, 0.25) is 0 Å². The van der Waals surface area contributed by atoms with Gasteiger partial charge in [-0.3, -0.25) is 4.79 Å². The molecule has 0 fully saturated rings. The number of carbonyl (C=O) groups is 1. The van der Waals surface area contributed by atoms with Gasteiger partial charge < -0.3 is 22.3 Å². The maximum atomic E-state index is 16.2. The number of unbranched alkanes of at least 4 members (excludes halogenated alkanes) is 7. The second-order valence-electron chi connectivity index (χ2n) is 10.5. The van der Waals surface area contributed by atoms with Crippen molar-refractivity contribution < 1.29 is 22.6 Å². The molecule has 0 atom stereocenters. The van der Waals surface area contributed by atoms with Gasteiger partial charge in [0.05, 0.1) is 6.61 Å². The topological polar surface area (TPSA) is 34.2 Å². The summed E-state index contributed by atoms with van der Waals surface area (Å²) in [7, 11) is 0. The third-order valence-electron chi connectivity index (χ3n) is 8.22. The van der Waals surface area contributed by atoms with Crippen molar-refractivity contribution in [3.05, 3.63) is 39.4 Å². The quantitative estimate of drug-likeness (QED) is 0.156. The summed E-state index contributed by atoms with van der Waals surface area (Å²) >= 11 is 0. The average Bonchev–Trinajstić information content (AvgIpc) is 3.23. The van der Waals surface area contributed by atoms with E-state index >= 15 is 8.63 Å². The van der Waals surface area contributed by atoms with E-state index in [2.05, 4.69) is 13.8 Å². The number of allylic oxidation sites excluding steroid dienone is 3. The Balaban J connectivity index is 1.73. The molecule has 0 aromatic carbocycles. The van der Waals surface area contributed by atoms with Crippen LogP contribution in [0.4, 0.5) is 8.63 Å². The Morgan fingerprint density at radius 3 is 2.03 bits per heavy atom. The zero-order valence-corrected chi connectivity index (χ0v) is 23.5. The first-order chi connectivity index (χ1) is 17.1. The molecule has 200 valence electrons. The number of hydrogen-bond acceptors (Lipinski definition) is 2. The zero-order valence-electron chi connectivity index (χ0n) is 23.5. The van der Waals surface area contributed by atoms with Crippen LogP contribution in [0.2, 0.25) is 0 Å². The van der Waals surface area contributed by atoms with Gasteiger partial charge in [-0.25, -0.2) is 0 Å². The van der Waals surface area contributed by atoms with Crippen molar-refractivity contribution in [3.8, 4) is 0 Å². The van der Waals surface area contributed by atoms with E-state index in [-0.39, 0.29) is 5.97 Å². The summed E-state index contributed by atoms with van der Waals surface area (Å²) in [5.74, 6) is -0.206. The minimum Gasteiger partial charge on any atom is -0.466 e. The fourth-order valence-electron chi connectivity index (χ4n) is 6.52. The molecule has 4 nitrogen and oxygen atoms in total. The first-order valence-electron chi connectivity index (χ1n) is 14.0. The summed E-state index contributed by atoms with van der Waals surface area (Å²) in [6, 6.07) is 0. The smallest absolute Gasteiger partial charge is 0.466 e. The van der Waals surface area contributed by atoms with Crippen LogP contribution in [0.5, 0.6) is 0 Å². The van der Waals surface area contributed by atoms with Gasteiger partial charge in [-0.2, -0.15) is 0 Å². The largest absolute Gasteiger partial charge is 0.737 e. The minimum atomic E-state index is -3.92. The number of fused-ring (bicyclic) bond motifs is 2. The van der Waals surface area contributed by atoms with Crippen LogP contribution in [-0.2, 0) is 16.0 Å². The van der Waals surface area contributed by atoms with Crippen molar-refractivity contribution in [3.63, 3.8) is 0 Å². The monoisotopic (exact) mass is 502 g/mol. The molecular formula is C29H45BF2N2O2. The minimum absolute atomic E-state index is 0.206. The van der Waals surface area contributed by atoms with Crippen molar-refractivity contribution in [2.24, 2.45) is 0 Å². The summed E-state index contributed by atoms with van der Waals surface area (Å²) in [6.45, 7) is 9.98. The molecule has 7 heteroatoms. The molecule has 0 bridgehead atoms. The molecule has 3 rings (SSSR count). The number of nitrogens with zero attached hydrogens (tertiary/aromatic N) is 2. The van der Waals surface area contributed by atoms with Crippen LogP contribution in [0, 0.1) is 13.8 Å². The average molecular weight is 502 g/mol. The van der Waals surface area contributed by atoms with E-state index in [9.17, 15) is 4.79 Å². The number of aromatic nitrogens is 1. The second kappa shape index (κ2) is 11.9. The van der Waals surface area contributed by atoms with Gasteiger partial charge in [0.1, 0.15) is 5.71 Å². The molecule has 0 saturated carbocycles. The van der Waals surface area contributed by atoms with E-state index < -0.39 is 6.97 Å². The molecular weight excluding hydrogens is 457 g/mol. The molecule has 0 N–H and O–H groups in total. The highest BCUT2D eigenvalue weighted by Crippen LogP contribution is 2.46. The highest BCUT2D eigenvalue weighted by molar-refractivity contribution is 6.58. The first-order valence-corrected chi connectivity index (χ1v) is 14.0. The standard InChI is InChI=1S/C29H45BF2N2O2/c1-8-25-20(3)28-27(18-16-14-12-10-11-13-15-17-19-36-24(7)35)29-21(4)26(9-2)23(6)34(29)30(31,32)33(28)22(25)5/h8-19H2,1-7H3. The number of halogens is 2. The third-order valence-corrected chi connectivity index (χ3v) is 8.22. The molecule has 1 aromatic rings. The number of rotatable bonds is 13. The van der Waals surface area contributed by atoms with Crippen LogP contribution in [0.25, 0.3) is 5.57 Å². The Morgan fingerprint density at radius 2 is 1.47 bits per heavy atom. The summed E-state index contributed by atoms with van der Waals surface area (Å²) in [6.07, 6.45) is 11.2. The SMILES string of the molecule is CCC1=C(C)C2=C(CCCCCCCCCCOC(C)=O)c3c(C)c(CC)c(C)n3[B-](F)(F)[N+]2=C1C. The lowest BCUT2D eigenvalue weighted by Gasteiger charge is -2.34. The van der Waals surface area contributed by atoms with Crippen molar-refractivity contribution in [2.75, 3.05) is 6.61 Å². The molecule has 0 aliphatic carbocycles. The lowest BCUT2D eigenvalue weighted by Crippen LogP contribution is -2.51. The number of esters is 1. The van der Waals surface area contributed by atoms with E-state index in [0.29, 0.717) is 6.61 Å². The fourth-order valence-corrected chi connectivity index (χ4v) is 6.52. The molecule has 2 aliphatic heterocycles. The van der Waals surface area contributed by atoms with Gasteiger partial charge in [0, 0.05) is 36.3 Å². The molecule has 3 heterocycles. The van der Waals surface area contributed by atoms with E-state index in [1.807, 2.05) is 27.7 Å². The maximum Gasteiger partial charge on any atom is 0.737 e. The van der Waals surface area contributed by atoms with Crippen LogP contribution in [-0.4, -0.2) is 34.2 Å². The lowest BCUT2D eigenvalue weighted by molar-refractivity contribution is -0.364. The van der Waals surface area contributed by atoms with E-state index in [0.717, 1.165) is 108 Å².